The number of aliphatic imine (C=N–C) groups is 1. The van der Waals surface area contributed by atoms with E-state index in [0.717, 1.165) is 29.9 Å². The van der Waals surface area contributed by atoms with Gasteiger partial charge in [-0.05, 0) is 44.2 Å². The number of hydrogen-bond acceptors (Lipinski definition) is 5. The molecule has 0 bridgehead atoms. The fraction of sp³-hybridized carbons (Fsp3) is 0.174. The second-order valence-corrected chi connectivity index (χ2v) is 6.58. The largest absolute Gasteiger partial charge is 0.422 e. The molecule has 0 spiro atoms. The predicted octanol–water partition coefficient (Wildman–Crippen LogP) is 4.58. The zero-order chi connectivity index (χ0) is 20.2. The van der Waals surface area contributed by atoms with Gasteiger partial charge in [-0.15, -0.1) is 0 Å². The molecule has 29 heavy (non-hydrogen) atoms. The van der Waals surface area contributed by atoms with Gasteiger partial charge in [0.05, 0.1) is 17.4 Å². The number of fused-ring (bicyclic) bond motifs is 1. The van der Waals surface area contributed by atoms with E-state index in [1.54, 1.807) is 23.0 Å². The summed E-state index contributed by atoms with van der Waals surface area (Å²) < 4.78 is 7.28. The van der Waals surface area contributed by atoms with Crippen molar-refractivity contribution in [1.29, 1.82) is 0 Å². The number of benzene rings is 2. The molecular weight excluding hydrogens is 364 g/mol. The molecule has 0 amide bonds. The van der Waals surface area contributed by atoms with Crippen molar-refractivity contribution in [2.24, 2.45) is 4.99 Å². The van der Waals surface area contributed by atoms with E-state index < -0.39 is 5.63 Å². The van der Waals surface area contributed by atoms with Crippen LogP contribution in [0.15, 0.2) is 81.1 Å². The van der Waals surface area contributed by atoms with E-state index in [0.29, 0.717) is 17.0 Å². The van der Waals surface area contributed by atoms with Crippen LogP contribution < -0.4 is 10.5 Å². The van der Waals surface area contributed by atoms with Gasteiger partial charge in [0.15, 0.2) is 5.82 Å². The van der Waals surface area contributed by atoms with E-state index in [1.165, 1.54) is 6.21 Å². The van der Waals surface area contributed by atoms with Gasteiger partial charge in [-0.1, -0.05) is 18.2 Å². The Morgan fingerprint density at radius 2 is 1.86 bits per heavy atom. The first kappa shape index (κ1) is 18.7. The second kappa shape index (κ2) is 8.14. The smallest absolute Gasteiger partial charge is 0.345 e. The number of nitrogens with zero attached hydrogens (tertiary/aromatic N) is 4. The van der Waals surface area contributed by atoms with Crippen LogP contribution in [0.25, 0.3) is 16.7 Å². The molecule has 2 heterocycles. The fourth-order valence-corrected chi connectivity index (χ4v) is 3.29. The Hall–Kier alpha value is -3.67. The Bertz CT molecular complexity index is 1200. The summed E-state index contributed by atoms with van der Waals surface area (Å²) in [5.41, 5.74) is 2.50. The summed E-state index contributed by atoms with van der Waals surface area (Å²) in [6.07, 6.45) is 3.21. The summed E-state index contributed by atoms with van der Waals surface area (Å²) in [5, 5.41) is 5.17. The monoisotopic (exact) mass is 386 g/mol. The lowest BCUT2D eigenvalue weighted by molar-refractivity contribution is 0.559. The molecule has 0 N–H and O–H groups in total. The standard InChI is InChI=1S/C23H22N4O2/c1-3-26(4-2)20-11-10-17-14-18(23(28)29-21(17)15-20)16-24-22-12-13-25-27(22)19-8-6-5-7-9-19/h5-16H,3-4H2,1-2H3/b24-16-. The summed E-state index contributed by atoms with van der Waals surface area (Å²) in [6, 6.07) is 19.2. The molecule has 4 aromatic rings. The molecule has 146 valence electrons. The summed E-state index contributed by atoms with van der Waals surface area (Å²) >= 11 is 0. The lowest BCUT2D eigenvalue weighted by atomic mass is 10.1. The molecule has 0 atom stereocenters. The van der Waals surface area contributed by atoms with Crippen molar-refractivity contribution in [3.63, 3.8) is 0 Å². The average Bonchev–Trinajstić information content (AvgIpc) is 3.22. The predicted molar refractivity (Wildman–Crippen MR) is 117 cm³/mol. The van der Waals surface area contributed by atoms with Crippen molar-refractivity contribution in [2.45, 2.75) is 13.8 Å². The van der Waals surface area contributed by atoms with Gasteiger partial charge in [-0.2, -0.15) is 5.10 Å². The van der Waals surface area contributed by atoms with Crippen LogP contribution in [0.3, 0.4) is 0 Å². The lowest BCUT2D eigenvalue weighted by Gasteiger charge is -2.20. The average molecular weight is 386 g/mol. The summed E-state index contributed by atoms with van der Waals surface area (Å²) in [7, 11) is 0. The SMILES string of the molecule is CCN(CC)c1ccc2cc(/C=N\c3ccnn3-c3ccccc3)c(=O)oc2c1. The van der Waals surface area contributed by atoms with Crippen molar-refractivity contribution in [2.75, 3.05) is 18.0 Å². The first-order valence-corrected chi connectivity index (χ1v) is 9.66. The highest BCUT2D eigenvalue weighted by Gasteiger charge is 2.08. The Morgan fingerprint density at radius 3 is 2.62 bits per heavy atom. The van der Waals surface area contributed by atoms with Crippen LogP contribution in [0.2, 0.25) is 0 Å². The lowest BCUT2D eigenvalue weighted by Crippen LogP contribution is -2.21. The summed E-state index contributed by atoms with van der Waals surface area (Å²) in [5.74, 6) is 0.632. The Kier molecular flexibility index (Phi) is 5.24. The highest BCUT2D eigenvalue weighted by molar-refractivity contribution is 5.88. The number of aromatic nitrogens is 2. The van der Waals surface area contributed by atoms with Crippen LogP contribution >= 0.6 is 0 Å². The van der Waals surface area contributed by atoms with Gasteiger partial charge in [0, 0.05) is 42.5 Å². The van der Waals surface area contributed by atoms with Crippen molar-refractivity contribution in [3.05, 3.63) is 82.8 Å². The van der Waals surface area contributed by atoms with Gasteiger partial charge < -0.3 is 9.32 Å². The van der Waals surface area contributed by atoms with E-state index in [1.807, 2.05) is 48.5 Å². The van der Waals surface area contributed by atoms with Crippen molar-refractivity contribution in [1.82, 2.24) is 9.78 Å². The van der Waals surface area contributed by atoms with Crippen LogP contribution in [-0.4, -0.2) is 29.1 Å². The van der Waals surface area contributed by atoms with Crippen LogP contribution in [0, 0.1) is 0 Å². The zero-order valence-electron chi connectivity index (χ0n) is 16.4. The number of para-hydroxylation sites is 1. The van der Waals surface area contributed by atoms with E-state index in [9.17, 15) is 4.79 Å². The Morgan fingerprint density at radius 1 is 1.07 bits per heavy atom. The summed E-state index contributed by atoms with van der Waals surface area (Å²) in [4.78, 5) is 19.1. The van der Waals surface area contributed by atoms with Crippen molar-refractivity contribution in [3.8, 4) is 5.69 Å². The van der Waals surface area contributed by atoms with E-state index >= 15 is 0 Å². The number of hydrogen-bond donors (Lipinski definition) is 0. The minimum atomic E-state index is -0.413. The van der Waals surface area contributed by atoms with E-state index in [4.69, 9.17) is 4.42 Å². The molecule has 6 heteroatoms. The quantitative estimate of drug-likeness (QED) is 0.360. The highest BCUT2D eigenvalue weighted by Crippen LogP contribution is 2.22. The Balaban J connectivity index is 1.67. The molecule has 0 saturated carbocycles. The molecule has 0 fully saturated rings. The van der Waals surface area contributed by atoms with E-state index in [-0.39, 0.29) is 0 Å². The molecule has 2 aromatic heterocycles. The fourth-order valence-electron chi connectivity index (χ4n) is 3.29. The topological polar surface area (TPSA) is 63.6 Å². The molecule has 0 aliphatic carbocycles. The first-order chi connectivity index (χ1) is 14.2. The maximum Gasteiger partial charge on any atom is 0.345 e. The van der Waals surface area contributed by atoms with Crippen LogP contribution in [-0.2, 0) is 0 Å². The van der Waals surface area contributed by atoms with Gasteiger partial charge in [0.25, 0.3) is 0 Å². The maximum atomic E-state index is 12.5. The van der Waals surface area contributed by atoms with Gasteiger partial charge in [-0.3, -0.25) is 0 Å². The van der Waals surface area contributed by atoms with Gasteiger partial charge in [0.2, 0.25) is 0 Å². The first-order valence-electron chi connectivity index (χ1n) is 9.66. The molecular formula is C23H22N4O2. The maximum absolute atomic E-state index is 12.5. The third kappa shape index (κ3) is 3.82. The van der Waals surface area contributed by atoms with Gasteiger partial charge in [-0.25, -0.2) is 14.5 Å². The molecule has 2 aromatic carbocycles. The molecule has 0 unspecified atom stereocenters. The molecule has 0 aliphatic rings. The van der Waals surface area contributed by atoms with Crippen molar-refractivity contribution < 1.29 is 4.42 Å². The third-order valence-electron chi connectivity index (χ3n) is 4.83. The zero-order valence-corrected chi connectivity index (χ0v) is 16.4. The van der Waals surface area contributed by atoms with Gasteiger partial charge >= 0.3 is 5.63 Å². The van der Waals surface area contributed by atoms with Crippen molar-refractivity contribution >= 4 is 28.7 Å². The van der Waals surface area contributed by atoms with Crippen LogP contribution in [0.4, 0.5) is 11.5 Å². The Labute approximate surface area is 168 Å². The van der Waals surface area contributed by atoms with E-state index in [2.05, 4.69) is 28.8 Å². The van der Waals surface area contributed by atoms with Gasteiger partial charge in [0.1, 0.15) is 5.58 Å². The number of anilines is 1. The molecule has 0 aliphatic heterocycles. The second-order valence-electron chi connectivity index (χ2n) is 6.58. The molecule has 4 rings (SSSR count). The normalized spacial score (nSPS) is 11.4. The molecule has 0 saturated heterocycles. The third-order valence-corrected chi connectivity index (χ3v) is 4.83. The van der Waals surface area contributed by atoms with Crippen LogP contribution in [0.5, 0.6) is 0 Å². The summed E-state index contributed by atoms with van der Waals surface area (Å²) in [6.45, 7) is 5.99. The number of rotatable bonds is 6. The highest BCUT2D eigenvalue weighted by atomic mass is 16.4. The van der Waals surface area contributed by atoms with Crippen LogP contribution in [0.1, 0.15) is 19.4 Å². The minimum absolute atomic E-state index is 0.397. The minimum Gasteiger partial charge on any atom is -0.422 e. The molecule has 6 nitrogen and oxygen atoms in total. The molecule has 0 radical (unpaired) electrons.